The summed E-state index contributed by atoms with van der Waals surface area (Å²) in [5, 5.41) is 4.67. The summed E-state index contributed by atoms with van der Waals surface area (Å²) >= 11 is 1.54. The van der Waals surface area contributed by atoms with Gasteiger partial charge in [-0.05, 0) is 30.1 Å². The Kier molecular flexibility index (Phi) is 5.79. The highest BCUT2D eigenvalue weighted by molar-refractivity contribution is 7.09. The number of likely N-dealkylation sites (N-methyl/N-ethyl adjacent to an activating group) is 1. The third-order valence-electron chi connectivity index (χ3n) is 3.22. The Morgan fingerprint density at radius 3 is 2.61 bits per heavy atom. The lowest BCUT2D eigenvalue weighted by molar-refractivity contribution is -0.138. The van der Waals surface area contributed by atoms with E-state index >= 15 is 0 Å². The summed E-state index contributed by atoms with van der Waals surface area (Å²) in [4.78, 5) is 14.4. The fourth-order valence-corrected chi connectivity index (χ4v) is 2.83. The van der Waals surface area contributed by atoms with E-state index in [2.05, 4.69) is 5.32 Å². The zero-order valence-corrected chi connectivity index (χ0v) is 13.4. The van der Waals surface area contributed by atoms with E-state index in [4.69, 9.17) is 0 Å². The molecule has 1 amide bonds. The monoisotopic (exact) mass is 342 g/mol. The number of thiophene rings is 1. The molecule has 0 spiro atoms. The van der Waals surface area contributed by atoms with Crippen molar-refractivity contribution in [1.29, 1.82) is 0 Å². The van der Waals surface area contributed by atoms with Crippen LogP contribution in [-0.4, -0.2) is 24.4 Å². The van der Waals surface area contributed by atoms with Gasteiger partial charge in [-0.1, -0.05) is 24.3 Å². The maximum atomic E-state index is 12.9. The largest absolute Gasteiger partial charge is 0.416 e. The number of nitrogens with one attached hydrogen (secondary N) is 1. The summed E-state index contributed by atoms with van der Waals surface area (Å²) in [6.45, 7) is 0.531. The van der Waals surface area contributed by atoms with E-state index in [0.29, 0.717) is 6.54 Å². The Labute approximate surface area is 136 Å². The minimum absolute atomic E-state index is 0.0393. The molecule has 0 aliphatic carbocycles. The van der Waals surface area contributed by atoms with E-state index in [1.165, 1.54) is 23.5 Å². The second-order valence-electron chi connectivity index (χ2n) is 5.18. The van der Waals surface area contributed by atoms with E-state index in [1.54, 1.807) is 18.0 Å². The minimum atomic E-state index is -4.39. The van der Waals surface area contributed by atoms with Gasteiger partial charge in [-0.3, -0.25) is 9.69 Å². The molecule has 0 saturated carbocycles. The molecule has 0 aliphatic rings. The van der Waals surface area contributed by atoms with Crippen LogP contribution in [0.5, 0.6) is 0 Å². The van der Waals surface area contributed by atoms with Crippen LogP contribution in [0.3, 0.4) is 0 Å². The molecule has 0 fully saturated rings. The summed E-state index contributed by atoms with van der Waals surface area (Å²) in [6.07, 6.45) is -4.39. The number of carbonyl (C=O) groups excluding carboxylic acids is 1. The molecule has 0 aliphatic heterocycles. The molecule has 0 unspecified atom stereocenters. The van der Waals surface area contributed by atoms with Gasteiger partial charge in [0.2, 0.25) is 5.91 Å². The maximum Gasteiger partial charge on any atom is 0.416 e. The molecule has 1 aromatic heterocycles. The number of alkyl halides is 3. The van der Waals surface area contributed by atoms with Crippen molar-refractivity contribution in [3.05, 3.63) is 57.8 Å². The van der Waals surface area contributed by atoms with Crippen molar-refractivity contribution in [3.63, 3.8) is 0 Å². The molecule has 0 bridgehead atoms. The Bertz CT molecular complexity index is 641. The smallest absolute Gasteiger partial charge is 0.350 e. The van der Waals surface area contributed by atoms with Crippen molar-refractivity contribution in [2.75, 3.05) is 13.6 Å². The predicted octanol–water partition coefficient (Wildman–Crippen LogP) is 3.52. The lowest BCUT2D eigenvalue weighted by Crippen LogP contribution is -2.34. The van der Waals surface area contributed by atoms with Crippen LogP contribution in [-0.2, 0) is 24.1 Å². The lowest BCUT2D eigenvalue weighted by atomic mass is 10.1. The first kappa shape index (κ1) is 17.5. The highest BCUT2D eigenvalue weighted by Crippen LogP contribution is 2.32. The van der Waals surface area contributed by atoms with Crippen LogP contribution in [0.25, 0.3) is 0 Å². The number of halogens is 3. The molecule has 0 radical (unpaired) electrons. The molecule has 3 nitrogen and oxygen atoms in total. The van der Waals surface area contributed by atoms with Crippen LogP contribution in [0.2, 0.25) is 0 Å². The Balaban J connectivity index is 1.89. The van der Waals surface area contributed by atoms with Gasteiger partial charge in [-0.15, -0.1) is 11.3 Å². The van der Waals surface area contributed by atoms with Gasteiger partial charge >= 0.3 is 6.18 Å². The van der Waals surface area contributed by atoms with Crippen molar-refractivity contribution in [1.82, 2.24) is 10.2 Å². The molecule has 0 atom stereocenters. The van der Waals surface area contributed by atoms with E-state index in [1.807, 2.05) is 17.5 Å². The van der Waals surface area contributed by atoms with Crippen LogP contribution >= 0.6 is 11.3 Å². The molecule has 2 aromatic rings. The molecule has 2 rings (SSSR count). The number of amides is 1. The van der Waals surface area contributed by atoms with Crippen LogP contribution in [0.1, 0.15) is 16.0 Å². The van der Waals surface area contributed by atoms with Crippen molar-refractivity contribution < 1.29 is 18.0 Å². The summed E-state index contributed by atoms with van der Waals surface area (Å²) in [5.74, 6) is -0.217. The van der Waals surface area contributed by atoms with Crippen molar-refractivity contribution in [2.24, 2.45) is 0 Å². The van der Waals surface area contributed by atoms with Gasteiger partial charge in [0.05, 0.1) is 18.7 Å². The van der Waals surface area contributed by atoms with E-state index in [0.717, 1.165) is 10.9 Å². The molecule has 7 heteroatoms. The Hall–Kier alpha value is -1.86. The van der Waals surface area contributed by atoms with Gasteiger partial charge in [0.15, 0.2) is 0 Å². The number of nitrogens with zero attached hydrogens (tertiary/aromatic N) is 1. The number of rotatable bonds is 6. The average Bonchev–Trinajstić information content (AvgIpc) is 2.97. The van der Waals surface area contributed by atoms with Gasteiger partial charge in [-0.25, -0.2) is 0 Å². The standard InChI is InChI=1S/C16H17F3N2OS/c1-21(11-15(22)20-9-13-6-4-8-23-13)10-12-5-2-3-7-14(12)16(17,18)19/h2-8H,9-11H2,1H3,(H,20,22). The van der Waals surface area contributed by atoms with E-state index < -0.39 is 11.7 Å². The number of hydrogen-bond acceptors (Lipinski definition) is 3. The molecule has 1 N–H and O–H groups in total. The second kappa shape index (κ2) is 7.61. The summed E-state index contributed by atoms with van der Waals surface area (Å²) in [7, 11) is 1.62. The zero-order chi connectivity index (χ0) is 16.9. The summed E-state index contributed by atoms with van der Waals surface area (Å²) in [6, 6.07) is 9.22. The third kappa shape index (κ3) is 5.37. The first-order chi connectivity index (χ1) is 10.9. The van der Waals surface area contributed by atoms with Crippen LogP contribution < -0.4 is 5.32 Å². The SMILES string of the molecule is CN(CC(=O)NCc1cccs1)Cc1ccccc1C(F)(F)F. The minimum Gasteiger partial charge on any atom is -0.350 e. The molecule has 1 aromatic carbocycles. The summed E-state index contributed by atoms with van der Waals surface area (Å²) in [5.41, 5.74) is -0.501. The molecule has 124 valence electrons. The topological polar surface area (TPSA) is 32.3 Å². The predicted molar refractivity (Wildman–Crippen MR) is 83.9 cm³/mol. The fourth-order valence-electron chi connectivity index (χ4n) is 2.18. The highest BCUT2D eigenvalue weighted by Gasteiger charge is 2.33. The van der Waals surface area contributed by atoms with Crippen LogP contribution in [0.15, 0.2) is 41.8 Å². The van der Waals surface area contributed by atoms with Crippen LogP contribution in [0.4, 0.5) is 13.2 Å². The van der Waals surface area contributed by atoms with Crippen molar-refractivity contribution >= 4 is 17.2 Å². The van der Waals surface area contributed by atoms with Gasteiger partial charge in [0, 0.05) is 11.4 Å². The number of hydrogen-bond donors (Lipinski definition) is 1. The van der Waals surface area contributed by atoms with Gasteiger partial charge in [-0.2, -0.15) is 13.2 Å². The number of carbonyl (C=O) groups is 1. The highest BCUT2D eigenvalue weighted by atomic mass is 32.1. The Morgan fingerprint density at radius 2 is 1.96 bits per heavy atom. The lowest BCUT2D eigenvalue weighted by Gasteiger charge is -2.19. The van der Waals surface area contributed by atoms with Gasteiger partial charge in [0.1, 0.15) is 0 Å². The second-order valence-corrected chi connectivity index (χ2v) is 6.22. The first-order valence-electron chi connectivity index (χ1n) is 6.99. The number of benzene rings is 1. The van der Waals surface area contributed by atoms with Gasteiger partial charge in [0.25, 0.3) is 0 Å². The maximum absolute atomic E-state index is 12.9. The van der Waals surface area contributed by atoms with Gasteiger partial charge < -0.3 is 5.32 Å². The summed E-state index contributed by atoms with van der Waals surface area (Å²) < 4.78 is 38.8. The van der Waals surface area contributed by atoms with E-state index in [-0.39, 0.29) is 24.6 Å². The van der Waals surface area contributed by atoms with Crippen LogP contribution in [0, 0.1) is 0 Å². The zero-order valence-electron chi connectivity index (χ0n) is 12.6. The van der Waals surface area contributed by atoms with Crippen molar-refractivity contribution in [2.45, 2.75) is 19.3 Å². The fraction of sp³-hybridized carbons (Fsp3) is 0.312. The third-order valence-corrected chi connectivity index (χ3v) is 4.09. The molecule has 1 heterocycles. The molecular formula is C16H17F3N2OS. The molecular weight excluding hydrogens is 325 g/mol. The molecule has 23 heavy (non-hydrogen) atoms. The Morgan fingerprint density at radius 1 is 1.22 bits per heavy atom. The average molecular weight is 342 g/mol. The normalized spacial score (nSPS) is 11.7. The first-order valence-corrected chi connectivity index (χ1v) is 7.87. The quantitative estimate of drug-likeness (QED) is 0.871. The van der Waals surface area contributed by atoms with E-state index in [9.17, 15) is 18.0 Å². The van der Waals surface area contributed by atoms with Crippen molar-refractivity contribution in [3.8, 4) is 0 Å². The molecule has 0 saturated heterocycles.